The van der Waals surface area contributed by atoms with Crippen molar-refractivity contribution in [3.05, 3.63) is 154 Å². The molecule has 0 saturated heterocycles. The maximum absolute atomic E-state index is 13.4. The highest BCUT2D eigenvalue weighted by atomic mass is 32.1. The number of aromatic hydroxyl groups is 2. The molecule has 1 spiro atoms. The minimum Gasteiger partial charge on any atom is -0.508 e. The van der Waals surface area contributed by atoms with Crippen molar-refractivity contribution < 1.29 is 34.0 Å². The van der Waals surface area contributed by atoms with Crippen LogP contribution >= 0.6 is 12.2 Å². The summed E-state index contributed by atoms with van der Waals surface area (Å²) in [4.78, 5) is 26.5. The molecule has 2 unspecified atom stereocenters. The monoisotopic (exact) mass is 709 g/mol. The van der Waals surface area contributed by atoms with E-state index in [0.29, 0.717) is 63.4 Å². The lowest BCUT2D eigenvalue weighted by molar-refractivity contribution is 0.0224. The van der Waals surface area contributed by atoms with E-state index >= 15 is 0 Å². The first-order chi connectivity index (χ1) is 25.3. The van der Waals surface area contributed by atoms with E-state index in [2.05, 4.69) is 40.2 Å². The molecule has 0 radical (unpaired) electrons. The number of hydrogen-bond acceptors (Lipinski definition) is 8. The summed E-state index contributed by atoms with van der Waals surface area (Å²) in [7, 11) is 0. The predicted octanol–water partition coefficient (Wildman–Crippen LogP) is 7.16. The minimum absolute atomic E-state index is 0.0177. The van der Waals surface area contributed by atoms with Gasteiger partial charge in [-0.05, 0) is 70.9 Å². The topological polar surface area (TPSA) is 138 Å². The molecule has 5 aromatic carbocycles. The number of fused-ring (bicyclic) bond motifs is 11. The number of carbonyl (C=O) groups excluding carboxylic acids is 2. The van der Waals surface area contributed by atoms with Crippen LogP contribution in [0.5, 0.6) is 23.0 Å². The van der Waals surface area contributed by atoms with E-state index in [1.807, 2.05) is 30.3 Å². The normalized spacial score (nSPS) is 17.8. The van der Waals surface area contributed by atoms with Crippen LogP contribution in [0.3, 0.4) is 0 Å². The first-order valence-corrected chi connectivity index (χ1v) is 17.3. The smallest absolute Gasteiger partial charge is 0.407 e. The van der Waals surface area contributed by atoms with Gasteiger partial charge in [-0.2, -0.15) is 0 Å². The number of thiocarbonyl (C=S) groups is 1. The molecule has 2 aliphatic carbocycles. The summed E-state index contributed by atoms with van der Waals surface area (Å²) in [5.41, 5.74) is 6.99. The Bertz CT molecular complexity index is 2320. The first kappa shape index (κ1) is 31.6. The van der Waals surface area contributed by atoms with Gasteiger partial charge in [0.2, 0.25) is 0 Å². The number of rotatable bonds is 5. The Labute approximate surface area is 303 Å². The molecule has 5 aromatic rings. The van der Waals surface area contributed by atoms with Gasteiger partial charge in [0, 0.05) is 65.5 Å². The summed E-state index contributed by atoms with van der Waals surface area (Å²) in [6.45, 7) is 0.576. The van der Waals surface area contributed by atoms with Crippen molar-refractivity contribution in [2.75, 3.05) is 18.4 Å². The highest BCUT2D eigenvalue weighted by Crippen LogP contribution is 2.57. The van der Waals surface area contributed by atoms with Gasteiger partial charge in [0.05, 0.1) is 5.56 Å². The van der Waals surface area contributed by atoms with Gasteiger partial charge in [-0.25, -0.2) is 9.59 Å². The largest absolute Gasteiger partial charge is 0.508 e. The molecule has 5 N–H and O–H groups in total. The van der Waals surface area contributed by atoms with Crippen LogP contribution in [0.15, 0.2) is 109 Å². The summed E-state index contributed by atoms with van der Waals surface area (Å²) in [5, 5.41) is 29.6. The lowest BCUT2D eigenvalue weighted by Gasteiger charge is -2.36. The van der Waals surface area contributed by atoms with Crippen LogP contribution in [-0.2, 0) is 21.5 Å². The summed E-state index contributed by atoms with van der Waals surface area (Å²) < 4.78 is 18.2. The maximum Gasteiger partial charge on any atom is 0.407 e. The number of phenols is 2. The molecule has 0 saturated carbocycles. The maximum atomic E-state index is 13.4. The third-order valence-electron chi connectivity index (χ3n) is 9.95. The molecular formula is C41H31N3O7S. The Hall–Kier alpha value is -6.33. The minimum atomic E-state index is -1.35. The Morgan fingerprint density at radius 2 is 1.48 bits per heavy atom. The SMILES string of the molecule is O=C(NCCNC(=S)Nc1ccc2c(c1)C(=O)OC21c2ccc(O)cc2Oc2cc(O)ccc21)OC1Cc2ccccc2C2C=C2c2ccccc21. The van der Waals surface area contributed by atoms with E-state index in [1.54, 1.807) is 30.3 Å². The highest BCUT2D eigenvalue weighted by molar-refractivity contribution is 7.80. The van der Waals surface area contributed by atoms with E-state index in [4.69, 9.17) is 26.4 Å². The van der Waals surface area contributed by atoms with E-state index in [9.17, 15) is 19.8 Å². The van der Waals surface area contributed by atoms with E-state index in [-0.39, 0.29) is 18.0 Å². The number of allylic oxidation sites excluding steroid dienone is 2. The number of amides is 1. The van der Waals surface area contributed by atoms with Crippen molar-refractivity contribution in [2.24, 2.45) is 0 Å². The van der Waals surface area contributed by atoms with Crippen molar-refractivity contribution in [1.82, 2.24) is 10.6 Å². The van der Waals surface area contributed by atoms with Gasteiger partial charge in [0.25, 0.3) is 0 Å². The number of alkyl carbamates (subject to hydrolysis) is 1. The van der Waals surface area contributed by atoms with Crippen LogP contribution in [0.25, 0.3) is 5.57 Å². The number of carbonyl (C=O) groups is 2. The number of hydrogen-bond donors (Lipinski definition) is 5. The summed E-state index contributed by atoms with van der Waals surface area (Å²) >= 11 is 5.52. The zero-order chi connectivity index (χ0) is 35.6. The van der Waals surface area contributed by atoms with Crippen molar-refractivity contribution in [3.8, 4) is 23.0 Å². The van der Waals surface area contributed by atoms with Crippen LogP contribution < -0.4 is 20.7 Å². The number of esters is 1. The molecule has 1 amide bonds. The fraction of sp³-hybridized carbons (Fsp3) is 0.146. The van der Waals surface area contributed by atoms with Gasteiger partial charge < -0.3 is 40.4 Å². The van der Waals surface area contributed by atoms with Gasteiger partial charge in [-0.1, -0.05) is 60.7 Å². The lowest BCUT2D eigenvalue weighted by atomic mass is 9.77. The molecule has 52 heavy (non-hydrogen) atoms. The number of benzene rings is 5. The Balaban J connectivity index is 0.853. The fourth-order valence-corrected chi connectivity index (χ4v) is 7.81. The van der Waals surface area contributed by atoms with Crippen LogP contribution in [0.4, 0.5) is 10.5 Å². The van der Waals surface area contributed by atoms with Gasteiger partial charge in [-0.3, -0.25) is 0 Å². The second-order valence-corrected chi connectivity index (χ2v) is 13.5. The van der Waals surface area contributed by atoms with Crippen molar-refractivity contribution in [2.45, 2.75) is 24.0 Å². The number of anilines is 1. The molecule has 2 aliphatic heterocycles. The molecule has 9 rings (SSSR count). The number of ether oxygens (including phenoxy) is 3. The molecule has 2 heterocycles. The zero-order valence-corrected chi connectivity index (χ0v) is 28.3. The molecule has 0 fully saturated rings. The van der Waals surface area contributed by atoms with Gasteiger partial charge in [0.15, 0.2) is 10.7 Å². The van der Waals surface area contributed by atoms with Crippen LogP contribution in [0.2, 0.25) is 0 Å². The average Bonchev–Trinajstić information content (AvgIpc) is 3.87. The number of phenolic OH excluding ortho intramolecular Hbond substituents is 2. The van der Waals surface area contributed by atoms with Crippen molar-refractivity contribution >= 4 is 40.7 Å². The molecule has 2 atom stereocenters. The highest BCUT2D eigenvalue weighted by Gasteiger charge is 2.53. The quantitative estimate of drug-likeness (QED) is 0.0726. The van der Waals surface area contributed by atoms with E-state index < -0.39 is 23.8 Å². The predicted molar refractivity (Wildman–Crippen MR) is 197 cm³/mol. The van der Waals surface area contributed by atoms with Crippen LogP contribution in [0.1, 0.15) is 61.3 Å². The zero-order valence-electron chi connectivity index (χ0n) is 27.5. The van der Waals surface area contributed by atoms with Crippen molar-refractivity contribution in [3.63, 3.8) is 0 Å². The number of nitrogens with one attached hydrogen (secondary N) is 3. The van der Waals surface area contributed by atoms with E-state index in [1.165, 1.54) is 41.0 Å². The van der Waals surface area contributed by atoms with Gasteiger partial charge in [-0.15, -0.1) is 0 Å². The average molecular weight is 710 g/mol. The van der Waals surface area contributed by atoms with Gasteiger partial charge in [0.1, 0.15) is 29.1 Å². The molecule has 4 aliphatic rings. The Morgan fingerprint density at radius 1 is 0.808 bits per heavy atom. The molecule has 258 valence electrons. The van der Waals surface area contributed by atoms with Gasteiger partial charge >= 0.3 is 12.1 Å². The Kier molecular flexibility index (Phi) is 7.40. The summed E-state index contributed by atoms with van der Waals surface area (Å²) in [5.74, 6) is 0.332. The van der Waals surface area contributed by atoms with E-state index in [0.717, 1.165) is 11.1 Å². The first-order valence-electron chi connectivity index (χ1n) is 16.9. The Morgan fingerprint density at radius 3 is 2.25 bits per heavy atom. The summed E-state index contributed by atoms with van der Waals surface area (Å²) in [6, 6.07) is 30.9. The lowest BCUT2D eigenvalue weighted by Crippen LogP contribution is -2.37. The fourth-order valence-electron chi connectivity index (χ4n) is 7.60. The molecule has 0 aromatic heterocycles. The standard InChI is InChI=1S/C41H31N3O7S/c45-24-10-13-33-36(19-24)49-37-20-25(46)11-14-34(37)41(33)32-12-9-23(18-31(32)38(47)51-41)44-39(52)42-15-16-43-40(48)50-35-17-22-5-1-2-6-26(22)29-21-30(29)27-7-3-4-8-28(27)35/h1-14,18-21,29,35,45-46H,15-17H2,(H,43,48)(H2,42,44,52). The van der Waals surface area contributed by atoms with Crippen molar-refractivity contribution in [1.29, 1.82) is 0 Å². The summed E-state index contributed by atoms with van der Waals surface area (Å²) in [6.07, 6.45) is 1.88. The molecule has 0 bridgehead atoms. The third kappa shape index (κ3) is 5.28. The van der Waals surface area contributed by atoms with Crippen LogP contribution in [-0.4, -0.2) is 40.5 Å². The van der Waals surface area contributed by atoms with Crippen LogP contribution in [0, 0.1) is 0 Å². The molecule has 11 heteroatoms. The molecular weight excluding hydrogens is 679 g/mol. The second-order valence-electron chi connectivity index (χ2n) is 13.1. The molecule has 10 nitrogen and oxygen atoms in total. The third-order valence-corrected chi connectivity index (χ3v) is 10.2. The second kappa shape index (κ2) is 12.2.